The summed E-state index contributed by atoms with van der Waals surface area (Å²) >= 11 is 0. The number of hydrogen-bond acceptors (Lipinski definition) is 8. The second-order valence-corrected chi connectivity index (χ2v) is 9.71. The van der Waals surface area contributed by atoms with Crippen LogP contribution in [0.4, 0.5) is 0 Å². The Morgan fingerprint density at radius 3 is 2.62 bits per heavy atom. The molecule has 9 nitrogen and oxygen atoms in total. The number of aromatic nitrogens is 2. The average Bonchev–Trinajstić information content (AvgIpc) is 3.68. The van der Waals surface area contributed by atoms with Crippen molar-refractivity contribution in [1.29, 1.82) is 5.26 Å². The molecule has 0 spiro atoms. The van der Waals surface area contributed by atoms with E-state index in [0.717, 1.165) is 49.9 Å². The number of benzene rings is 1. The largest absolute Gasteiger partial charge is 0.494 e. The molecule has 4 aromatic rings. The van der Waals surface area contributed by atoms with Gasteiger partial charge >= 0.3 is 0 Å². The fourth-order valence-corrected chi connectivity index (χ4v) is 5.15. The smallest absolute Gasteiger partial charge is 0.255 e. The minimum absolute atomic E-state index is 0. The molecule has 10 heteroatoms. The lowest BCUT2D eigenvalue weighted by atomic mass is 10.0. The van der Waals surface area contributed by atoms with Crippen LogP contribution in [0.5, 0.6) is 11.5 Å². The average molecular weight is 561 g/mol. The maximum atomic E-state index is 12.9. The van der Waals surface area contributed by atoms with Crippen molar-refractivity contribution in [2.75, 3.05) is 33.4 Å². The molecule has 1 amide bonds. The van der Waals surface area contributed by atoms with Crippen molar-refractivity contribution in [1.82, 2.24) is 14.9 Å². The van der Waals surface area contributed by atoms with Gasteiger partial charge in [-0.05, 0) is 42.7 Å². The summed E-state index contributed by atoms with van der Waals surface area (Å²) in [6.45, 7) is 2.85. The summed E-state index contributed by atoms with van der Waals surface area (Å²) in [5.74, 6) is 1.44. The summed E-state index contributed by atoms with van der Waals surface area (Å²) in [6, 6.07) is 13.2. The van der Waals surface area contributed by atoms with E-state index in [1.54, 1.807) is 31.6 Å². The number of fused-ring (bicyclic) bond motifs is 1. The molecule has 0 N–H and O–H groups in total. The van der Waals surface area contributed by atoms with Crippen molar-refractivity contribution >= 4 is 29.4 Å². The van der Waals surface area contributed by atoms with Gasteiger partial charge in [0.05, 0.1) is 31.5 Å². The standard InChI is InChI=1S/C30H28N4O5.ClH/c1-36-26-15-21(30(35)34-10-2-3-11-34)18-33-28(26)27-16-24-29(39-27)23(6-9-32-24)19-4-5-25(20(14-19)17-31)38-22-7-12-37-13-8-22;/h4-6,9,14-16,18,22H,2-3,7-8,10-13H2,1H3;1H. The number of hydrogen-bond donors (Lipinski definition) is 0. The maximum absolute atomic E-state index is 12.9. The maximum Gasteiger partial charge on any atom is 0.255 e. The Morgan fingerprint density at radius 1 is 1.07 bits per heavy atom. The highest BCUT2D eigenvalue weighted by Gasteiger charge is 2.23. The zero-order valence-corrected chi connectivity index (χ0v) is 22.9. The molecule has 5 heterocycles. The highest BCUT2D eigenvalue weighted by atomic mass is 35.5. The van der Waals surface area contributed by atoms with Crippen LogP contribution in [0.3, 0.4) is 0 Å². The Balaban J connectivity index is 0.00000323. The van der Waals surface area contributed by atoms with Gasteiger partial charge < -0.3 is 23.5 Å². The van der Waals surface area contributed by atoms with Crippen molar-refractivity contribution in [2.45, 2.75) is 31.8 Å². The second-order valence-electron chi connectivity index (χ2n) is 9.71. The third kappa shape index (κ3) is 5.33. The predicted octanol–water partition coefficient (Wildman–Crippen LogP) is 5.65. The number of nitriles is 1. The van der Waals surface area contributed by atoms with Gasteiger partial charge in [-0.3, -0.25) is 9.78 Å². The first-order valence-corrected chi connectivity index (χ1v) is 13.2. The number of carbonyl (C=O) groups excluding carboxylic acids is 1. The molecule has 2 saturated heterocycles. The minimum Gasteiger partial charge on any atom is -0.494 e. The van der Waals surface area contributed by atoms with Crippen LogP contribution in [0.25, 0.3) is 33.7 Å². The molecule has 3 aromatic heterocycles. The number of halogens is 1. The van der Waals surface area contributed by atoms with Gasteiger partial charge in [0.15, 0.2) is 11.3 Å². The Bertz CT molecular complexity index is 1570. The first-order valence-electron chi connectivity index (χ1n) is 13.2. The number of methoxy groups -OCH3 is 1. The third-order valence-corrected chi connectivity index (χ3v) is 7.23. The molecule has 40 heavy (non-hydrogen) atoms. The minimum atomic E-state index is -0.0454. The molecule has 0 aliphatic carbocycles. The van der Waals surface area contributed by atoms with E-state index in [1.807, 2.05) is 29.2 Å². The number of ether oxygens (including phenoxy) is 3. The molecule has 2 fully saturated rings. The van der Waals surface area contributed by atoms with Crippen molar-refractivity contribution in [2.24, 2.45) is 0 Å². The van der Waals surface area contributed by atoms with Crippen LogP contribution in [-0.4, -0.2) is 60.3 Å². The molecule has 0 atom stereocenters. The zero-order valence-electron chi connectivity index (χ0n) is 22.1. The SMILES string of the molecule is COc1cc(C(=O)N2CCCC2)cnc1-c1cc2nccc(-c3ccc(OC4CCOCC4)c(C#N)c3)c2o1.Cl. The molecule has 6 rings (SSSR count). The number of furan rings is 1. The molecule has 0 saturated carbocycles. The number of likely N-dealkylation sites (tertiary alicyclic amines) is 1. The fourth-order valence-electron chi connectivity index (χ4n) is 5.15. The highest BCUT2D eigenvalue weighted by molar-refractivity contribution is 5.96. The Labute approximate surface area is 238 Å². The summed E-state index contributed by atoms with van der Waals surface area (Å²) in [6.07, 6.45) is 6.95. The monoisotopic (exact) mass is 560 g/mol. The van der Waals surface area contributed by atoms with E-state index in [-0.39, 0.29) is 24.4 Å². The lowest BCUT2D eigenvalue weighted by Crippen LogP contribution is -2.27. The number of amides is 1. The van der Waals surface area contributed by atoms with Crippen molar-refractivity contribution in [3.8, 4) is 40.1 Å². The first-order chi connectivity index (χ1) is 19.1. The first kappa shape index (κ1) is 27.4. The highest BCUT2D eigenvalue weighted by Crippen LogP contribution is 2.37. The molecular formula is C30H29ClN4O5. The molecule has 1 aromatic carbocycles. The Morgan fingerprint density at radius 2 is 1.88 bits per heavy atom. The van der Waals surface area contributed by atoms with Crippen LogP contribution in [0, 0.1) is 11.3 Å². The van der Waals surface area contributed by atoms with Gasteiger partial charge in [-0.2, -0.15) is 5.26 Å². The molecule has 0 unspecified atom stereocenters. The van der Waals surface area contributed by atoms with Gasteiger partial charge in [0, 0.05) is 50.0 Å². The van der Waals surface area contributed by atoms with E-state index >= 15 is 0 Å². The van der Waals surface area contributed by atoms with Crippen LogP contribution < -0.4 is 9.47 Å². The molecule has 2 aliphatic heterocycles. The van der Waals surface area contributed by atoms with E-state index < -0.39 is 0 Å². The van der Waals surface area contributed by atoms with E-state index in [2.05, 4.69) is 16.0 Å². The molecule has 206 valence electrons. The van der Waals surface area contributed by atoms with E-state index in [9.17, 15) is 10.1 Å². The van der Waals surface area contributed by atoms with E-state index in [1.165, 1.54) is 0 Å². The third-order valence-electron chi connectivity index (χ3n) is 7.23. The summed E-state index contributed by atoms with van der Waals surface area (Å²) in [5.41, 5.74) is 4.24. The van der Waals surface area contributed by atoms with E-state index in [0.29, 0.717) is 58.4 Å². The number of rotatable bonds is 6. The van der Waals surface area contributed by atoms with Crippen molar-refractivity contribution in [3.63, 3.8) is 0 Å². The van der Waals surface area contributed by atoms with Gasteiger partial charge in [0.1, 0.15) is 34.9 Å². The topological polar surface area (TPSA) is 111 Å². The fraction of sp³-hybridized carbons (Fsp3) is 0.333. The number of pyridine rings is 2. The van der Waals surface area contributed by atoms with Crippen LogP contribution in [0.1, 0.15) is 41.6 Å². The van der Waals surface area contributed by atoms with E-state index in [4.69, 9.17) is 18.6 Å². The number of carbonyl (C=O) groups is 1. The Kier molecular flexibility index (Phi) is 8.19. The van der Waals surface area contributed by atoms with Crippen molar-refractivity contribution < 1.29 is 23.4 Å². The normalized spacial score (nSPS) is 15.4. The van der Waals surface area contributed by atoms with Gasteiger partial charge in [-0.25, -0.2) is 4.98 Å². The summed E-state index contributed by atoms with van der Waals surface area (Å²) in [5, 5.41) is 9.83. The van der Waals surface area contributed by atoms with Gasteiger partial charge in [-0.1, -0.05) is 6.07 Å². The zero-order chi connectivity index (χ0) is 26.8. The quantitative estimate of drug-likeness (QED) is 0.297. The molecule has 0 radical (unpaired) electrons. The molecule has 0 bridgehead atoms. The van der Waals surface area contributed by atoms with Crippen LogP contribution in [0.2, 0.25) is 0 Å². The lowest BCUT2D eigenvalue weighted by Gasteiger charge is -2.23. The lowest BCUT2D eigenvalue weighted by molar-refractivity contribution is 0.0254. The molecule has 2 aliphatic rings. The number of nitrogens with zero attached hydrogens (tertiary/aromatic N) is 4. The van der Waals surface area contributed by atoms with Crippen LogP contribution in [-0.2, 0) is 4.74 Å². The summed E-state index contributed by atoms with van der Waals surface area (Å²) in [7, 11) is 1.55. The van der Waals surface area contributed by atoms with Gasteiger partial charge in [0.2, 0.25) is 0 Å². The van der Waals surface area contributed by atoms with Gasteiger partial charge in [-0.15, -0.1) is 12.4 Å². The molecular weight excluding hydrogens is 532 g/mol. The Hall–Kier alpha value is -4.13. The van der Waals surface area contributed by atoms with Crippen molar-refractivity contribution in [3.05, 3.63) is 59.9 Å². The van der Waals surface area contributed by atoms with Crippen LogP contribution in [0.15, 0.2) is 53.2 Å². The van der Waals surface area contributed by atoms with Gasteiger partial charge in [0.25, 0.3) is 5.91 Å². The summed E-state index contributed by atoms with van der Waals surface area (Å²) in [4.78, 5) is 23.7. The predicted molar refractivity (Wildman–Crippen MR) is 151 cm³/mol. The summed E-state index contributed by atoms with van der Waals surface area (Å²) < 4.78 is 23.4. The second kappa shape index (κ2) is 11.9. The van der Waals surface area contributed by atoms with Crippen LogP contribution >= 0.6 is 12.4 Å².